The Morgan fingerprint density at radius 1 is 0.909 bits per heavy atom. The molecule has 1 amide bonds. The first-order chi connectivity index (χ1) is 15.7. The Bertz CT molecular complexity index is 1060. The average Bonchev–Trinajstić information content (AvgIpc) is 2.82. The van der Waals surface area contributed by atoms with Crippen molar-refractivity contribution in [2.75, 3.05) is 7.11 Å². The second kappa shape index (κ2) is 10.4. The van der Waals surface area contributed by atoms with Crippen LogP contribution in [0.2, 0.25) is 0 Å². The van der Waals surface area contributed by atoms with Crippen molar-refractivity contribution < 1.29 is 32.5 Å². The summed E-state index contributed by atoms with van der Waals surface area (Å²) in [6, 6.07) is 21.1. The largest absolute Gasteiger partial charge is 0.493 e. The number of carbonyl (C=O) groups excluding carboxylic acids is 1. The van der Waals surface area contributed by atoms with Crippen LogP contribution in [0.15, 0.2) is 78.9 Å². The normalized spacial score (nSPS) is 13.1. The van der Waals surface area contributed by atoms with Crippen LogP contribution in [0.3, 0.4) is 0 Å². The summed E-state index contributed by atoms with van der Waals surface area (Å²) in [6.07, 6.45) is -6.18. The zero-order valence-corrected chi connectivity index (χ0v) is 17.9. The number of rotatable bonds is 9. The molecule has 8 heteroatoms. The van der Waals surface area contributed by atoms with Crippen LogP contribution in [0.1, 0.15) is 23.1 Å². The highest BCUT2D eigenvalue weighted by molar-refractivity contribution is 5.77. The molecule has 3 rings (SSSR count). The molecule has 3 aromatic rings. The van der Waals surface area contributed by atoms with Gasteiger partial charge in [-0.25, -0.2) is 0 Å². The van der Waals surface area contributed by atoms with E-state index in [0.717, 1.165) is 17.7 Å². The van der Waals surface area contributed by atoms with Crippen LogP contribution < -0.4 is 14.8 Å². The Morgan fingerprint density at radius 3 is 2.15 bits per heavy atom. The molecule has 0 bridgehead atoms. The summed E-state index contributed by atoms with van der Waals surface area (Å²) in [5.74, 6) is -0.0252. The summed E-state index contributed by atoms with van der Waals surface area (Å²) in [4.78, 5) is 12.3. The molecule has 0 spiro atoms. The molecule has 0 fully saturated rings. The Labute approximate surface area is 189 Å². The van der Waals surface area contributed by atoms with Crippen molar-refractivity contribution in [3.63, 3.8) is 0 Å². The van der Waals surface area contributed by atoms with Crippen molar-refractivity contribution in [3.05, 3.63) is 95.6 Å². The van der Waals surface area contributed by atoms with Crippen LogP contribution in [-0.2, 0) is 23.5 Å². The molecule has 174 valence electrons. The van der Waals surface area contributed by atoms with Crippen molar-refractivity contribution in [3.8, 4) is 11.5 Å². The van der Waals surface area contributed by atoms with Gasteiger partial charge in [-0.1, -0.05) is 66.7 Å². The maximum Gasteiger partial charge on any atom is 0.421 e. The molecule has 0 aliphatic rings. The van der Waals surface area contributed by atoms with E-state index in [1.807, 2.05) is 30.3 Å². The smallest absolute Gasteiger partial charge is 0.421 e. The van der Waals surface area contributed by atoms with E-state index in [4.69, 9.17) is 9.47 Å². The van der Waals surface area contributed by atoms with E-state index in [-0.39, 0.29) is 6.54 Å². The summed E-state index contributed by atoms with van der Waals surface area (Å²) >= 11 is 0. The van der Waals surface area contributed by atoms with Crippen LogP contribution in [0, 0.1) is 0 Å². The summed E-state index contributed by atoms with van der Waals surface area (Å²) in [5, 5.41) is 12.8. The molecule has 0 saturated carbocycles. The fraction of sp³-hybridized carbons (Fsp3) is 0.240. The molecule has 33 heavy (non-hydrogen) atoms. The lowest BCUT2D eigenvalue weighted by Crippen LogP contribution is -2.46. The molecular weight excluding hydrogens is 435 g/mol. The van der Waals surface area contributed by atoms with Crippen molar-refractivity contribution in [1.82, 2.24) is 5.32 Å². The molecule has 0 radical (unpaired) electrons. The van der Waals surface area contributed by atoms with E-state index in [1.165, 1.54) is 25.3 Å². The van der Waals surface area contributed by atoms with E-state index in [0.29, 0.717) is 23.7 Å². The van der Waals surface area contributed by atoms with E-state index in [2.05, 4.69) is 5.32 Å². The van der Waals surface area contributed by atoms with Gasteiger partial charge in [-0.05, 0) is 28.8 Å². The summed E-state index contributed by atoms with van der Waals surface area (Å²) in [5.41, 5.74) is -2.10. The number of alkyl halides is 3. The highest BCUT2D eigenvalue weighted by Crippen LogP contribution is 2.41. The van der Waals surface area contributed by atoms with Gasteiger partial charge in [0.2, 0.25) is 5.91 Å². The number of hydrogen-bond donors (Lipinski definition) is 2. The fourth-order valence-electron chi connectivity index (χ4n) is 3.25. The van der Waals surface area contributed by atoms with Gasteiger partial charge in [0, 0.05) is 6.54 Å². The van der Waals surface area contributed by atoms with Gasteiger partial charge in [0.1, 0.15) is 6.61 Å². The zero-order chi connectivity index (χ0) is 23.9. The topological polar surface area (TPSA) is 67.8 Å². The number of ether oxygens (including phenoxy) is 2. The maximum atomic E-state index is 13.6. The zero-order valence-electron chi connectivity index (χ0n) is 17.9. The predicted octanol–water partition coefficient (Wildman–Crippen LogP) is 4.73. The predicted molar refractivity (Wildman–Crippen MR) is 117 cm³/mol. The number of benzene rings is 3. The minimum atomic E-state index is -5.02. The third-order valence-electron chi connectivity index (χ3n) is 5.09. The summed E-state index contributed by atoms with van der Waals surface area (Å²) in [7, 11) is 1.47. The molecule has 2 N–H and O–H groups in total. The molecular formula is C25H24F3NO4. The molecule has 0 aliphatic carbocycles. The van der Waals surface area contributed by atoms with Crippen LogP contribution in [-0.4, -0.2) is 24.3 Å². The van der Waals surface area contributed by atoms with Gasteiger partial charge in [-0.3, -0.25) is 4.79 Å². The number of amides is 1. The maximum absolute atomic E-state index is 13.6. The first kappa shape index (κ1) is 24.1. The van der Waals surface area contributed by atoms with Gasteiger partial charge in [-0.2, -0.15) is 13.2 Å². The van der Waals surface area contributed by atoms with Gasteiger partial charge < -0.3 is 19.9 Å². The molecule has 0 unspecified atom stereocenters. The Balaban J connectivity index is 1.64. The Hall–Kier alpha value is -3.52. The highest BCUT2D eigenvalue weighted by atomic mass is 19.4. The van der Waals surface area contributed by atoms with Crippen LogP contribution in [0.4, 0.5) is 13.2 Å². The monoisotopic (exact) mass is 459 g/mol. The first-order valence-electron chi connectivity index (χ1n) is 10.2. The molecule has 0 heterocycles. The second-order valence-electron chi connectivity index (χ2n) is 7.44. The summed E-state index contributed by atoms with van der Waals surface area (Å²) < 4.78 is 51.9. The van der Waals surface area contributed by atoms with Gasteiger partial charge in [0.15, 0.2) is 17.1 Å². The fourth-order valence-corrected chi connectivity index (χ4v) is 3.25. The third kappa shape index (κ3) is 6.04. The van der Waals surface area contributed by atoms with Crippen molar-refractivity contribution >= 4 is 5.91 Å². The SMILES string of the molecule is COc1cc(CNC(=O)C[C@](O)(c2ccccc2)C(F)(F)F)ccc1OCc1ccccc1. The number of nitrogens with one attached hydrogen (secondary N) is 1. The molecule has 1 atom stereocenters. The number of methoxy groups -OCH3 is 1. The van der Waals surface area contributed by atoms with Crippen molar-refractivity contribution in [1.29, 1.82) is 0 Å². The Morgan fingerprint density at radius 2 is 1.55 bits per heavy atom. The molecule has 0 saturated heterocycles. The van der Waals surface area contributed by atoms with Crippen LogP contribution >= 0.6 is 0 Å². The number of aliphatic hydroxyl groups is 1. The lowest BCUT2D eigenvalue weighted by Gasteiger charge is -2.30. The van der Waals surface area contributed by atoms with E-state index in [1.54, 1.807) is 18.2 Å². The minimum absolute atomic E-state index is 0.0448. The minimum Gasteiger partial charge on any atom is -0.493 e. The highest BCUT2D eigenvalue weighted by Gasteiger charge is 2.55. The standard InChI is InChI=1S/C25H24F3NO4/c1-32-22-14-19(12-13-21(22)33-17-18-8-4-2-5-9-18)16-29-23(30)15-24(31,25(26,27)28)20-10-6-3-7-11-20/h2-14,31H,15-17H2,1H3,(H,29,30)/t24-/m0/s1. The van der Waals surface area contributed by atoms with Gasteiger partial charge in [0.05, 0.1) is 13.5 Å². The molecule has 3 aromatic carbocycles. The van der Waals surface area contributed by atoms with E-state index >= 15 is 0 Å². The third-order valence-corrected chi connectivity index (χ3v) is 5.09. The second-order valence-corrected chi connectivity index (χ2v) is 7.44. The van der Waals surface area contributed by atoms with Gasteiger partial charge in [0.25, 0.3) is 0 Å². The molecule has 0 aromatic heterocycles. The lowest BCUT2D eigenvalue weighted by atomic mass is 9.89. The van der Waals surface area contributed by atoms with E-state index < -0.39 is 29.7 Å². The van der Waals surface area contributed by atoms with Crippen LogP contribution in [0.25, 0.3) is 0 Å². The Kier molecular flexibility index (Phi) is 7.60. The van der Waals surface area contributed by atoms with Gasteiger partial charge in [-0.15, -0.1) is 0 Å². The van der Waals surface area contributed by atoms with Crippen molar-refractivity contribution in [2.24, 2.45) is 0 Å². The van der Waals surface area contributed by atoms with E-state index in [9.17, 15) is 23.1 Å². The lowest BCUT2D eigenvalue weighted by molar-refractivity contribution is -0.267. The summed E-state index contributed by atoms with van der Waals surface area (Å²) in [6.45, 7) is 0.291. The molecule has 0 aliphatic heterocycles. The average molecular weight is 459 g/mol. The number of hydrogen-bond acceptors (Lipinski definition) is 4. The van der Waals surface area contributed by atoms with Crippen molar-refractivity contribution in [2.45, 2.75) is 31.3 Å². The quantitative estimate of drug-likeness (QED) is 0.486. The van der Waals surface area contributed by atoms with Gasteiger partial charge >= 0.3 is 6.18 Å². The molecule has 5 nitrogen and oxygen atoms in total. The number of carbonyl (C=O) groups is 1. The van der Waals surface area contributed by atoms with Crippen LogP contribution in [0.5, 0.6) is 11.5 Å². The first-order valence-corrected chi connectivity index (χ1v) is 10.2. The number of halogens is 3.